The number of alkyl carbamates (subject to hydrolysis) is 1. The van der Waals surface area contributed by atoms with Crippen LogP contribution in [0.1, 0.15) is 49.7 Å². The molecule has 5 rings (SSSR count). The van der Waals surface area contributed by atoms with Crippen molar-refractivity contribution in [2.75, 3.05) is 18.0 Å². The summed E-state index contributed by atoms with van der Waals surface area (Å²) in [6.07, 6.45) is 2.95. The normalized spacial score (nSPS) is 15.9. The SMILES string of the molecule is CC(C)(C)OC(=O)N[C@H]1CCCN(c2c(CC(=O)c3csc(-c4c(F)cccc4F)n3)cnc3ccsc23)C1. The number of carbonyl (C=O) groups excluding carboxylic acids is 2. The molecule has 0 saturated carbocycles. The van der Waals surface area contributed by atoms with E-state index in [4.69, 9.17) is 4.74 Å². The molecule has 0 spiro atoms. The van der Waals surface area contributed by atoms with Crippen molar-refractivity contribution in [2.24, 2.45) is 0 Å². The molecular formula is C28H28F2N4O3S2. The summed E-state index contributed by atoms with van der Waals surface area (Å²) in [5.41, 5.74) is 1.81. The van der Waals surface area contributed by atoms with Crippen LogP contribution in [0.2, 0.25) is 0 Å². The molecule has 1 fully saturated rings. The Hall–Kier alpha value is -3.44. The molecule has 3 aromatic heterocycles. The number of nitrogens with zero attached hydrogens (tertiary/aromatic N) is 3. The Labute approximate surface area is 232 Å². The number of benzene rings is 1. The third-order valence-corrected chi connectivity index (χ3v) is 8.07. The highest BCUT2D eigenvalue weighted by atomic mass is 32.1. The van der Waals surface area contributed by atoms with Crippen LogP contribution in [0.4, 0.5) is 19.3 Å². The number of ketones is 1. The average Bonchev–Trinajstić information content (AvgIpc) is 3.53. The van der Waals surface area contributed by atoms with Gasteiger partial charge >= 0.3 is 6.09 Å². The van der Waals surface area contributed by atoms with Crippen LogP contribution in [0.3, 0.4) is 0 Å². The first kappa shape index (κ1) is 27.1. The second-order valence-corrected chi connectivity index (χ2v) is 12.2. The summed E-state index contributed by atoms with van der Waals surface area (Å²) in [6.45, 7) is 6.80. The van der Waals surface area contributed by atoms with Gasteiger partial charge < -0.3 is 15.0 Å². The largest absolute Gasteiger partial charge is 0.444 e. The van der Waals surface area contributed by atoms with Gasteiger partial charge in [-0.05, 0) is 57.2 Å². The van der Waals surface area contributed by atoms with Crippen LogP contribution < -0.4 is 10.2 Å². The smallest absolute Gasteiger partial charge is 0.407 e. The molecule has 0 unspecified atom stereocenters. The lowest BCUT2D eigenvalue weighted by Crippen LogP contribution is -2.49. The second-order valence-electron chi connectivity index (χ2n) is 10.4. The minimum absolute atomic E-state index is 0.0275. The number of thiazole rings is 1. The Balaban J connectivity index is 1.39. The van der Waals surface area contributed by atoms with Crippen molar-refractivity contribution in [3.8, 4) is 10.6 Å². The van der Waals surface area contributed by atoms with Gasteiger partial charge in [0.1, 0.15) is 27.9 Å². The quantitative estimate of drug-likeness (QED) is 0.263. The molecule has 1 aromatic carbocycles. The van der Waals surface area contributed by atoms with Crippen molar-refractivity contribution < 1.29 is 23.1 Å². The predicted octanol–water partition coefficient (Wildman–Crippen LogP) is 6.62. The fourth-order valence-corrected chi connectivity index (χ4v) is 6.48. The zero-order valence-electron chi connectivity index (χ0n) is 21.8. The Morgan fingerprint density at radius 3 is 2.69 bits per heavy atom. The highest BCUT2D eigenvalue weighted by Crippen LogP contribution is 2.36. The van der Waals surface area contributed by atoms with E-state index in [0.717, 1.165) is 52.2 Å². The summed E-state index contributed by atoms with van der Waals surface area (Å²) in [5.74, 6) is -1.72. The van der Waals surface area contributed by atoms with Crippen LogP contribution in [0.25, 0.3) is 20.8 Å². The number of aromatic nitrogens is 2. The first-order valence-electron chi connectivity index (χ1n) is 12.6. The number of carbonyl (C=O) groups is 2. The maximum atomic E-state index is 14.3. The van der Waals surface area contributed by atoms with Gasteiger partial charge in [0.15, 0.2) is 5.78 Å². The number of anilines is 1. The number of rotatable bonds is 6. The van der Waals surface area contributed by atoms with Gasteiger partial charge in [-0.3, -0.25) is 9.78 Å². The first-order valence-corrected chi connectivity index (χ1v) is 14.4. The number of Topliss-reactive ketones (excluding diaryl/α,β-unsaturated/α-hetero) is 1. The highest BCUT2D eigenvalue weighted by Gasteiger charge is 2.28. The molecule has 1 aliphatic heterocycles. The number of fused-ring (bicyclic) bond motifs is 1. The number of amides is 1. The highest BCUT2D eigenvalue weighted by molar-refractivity contribution is 7.17. The average molecular weight is 571 g/mol. The fourth-order valence-electron chi connectivity index (χ4n) is 4.67. The number of pyridine rings is 1. The van der Waals surface area contributed by atoms with Crippen molar-refractivity contribution in [3.63, 3.8) is 0 Å². The molecule has 39 heavy (non-hydrogen) atoms. The summed E-state index contributed by atoms with van der Waals surface area (Å²) >= 11 is 2.58. The molecule has 4 heterocycles. The number of thiophene rings is 1. The van der Waals surface area contributed by atoms with Gasteiger partial charge in [0.25, 0.3) is 0 Å². The number of hydrogen-bond acceptors (Lipinski definition) is 8. The molecule has 4 aromatic rings. The Morgan fingerprint density at radius 1 is 1.18 bits per heavy atom. The van der Waals surface area contributed by atoms with E-state index in [-0.39, 0.29) is 34.5 Å². The minimum Gasteiger partial charge on any atom is -0.444 e. The molecule has 1 N–H and O–H groups in total. The molecular weight excluding hydrogens is 542 g/mol. The molecule has 1 atom stereocenters. The Bertz CT molecular complexity index is 1510. The fraction of sp³-hybridized carbons (Fsp3) is 0.357. The third kappa shape index (κ3) is 6.09. The lowest BCUT2D eigenvalue weighted by molar-refractivity contribution is 0.0500. The molecule has 1 amide bonds. The Kier molecular flexibility index (Phi) is 7.64. The van der Waals surface area contributed by atoms with Gasteiger partial charge in [-0.25, -0.2) is 18.6 Å². The summed E-state index contributed by atoms with van der Waals surface area (Å²) in [5, 5.41) is 6.59. The van der Waals surface area contributed by atoms with Crippen LogP contribution >= 0.6 is 22.7 Å². The number of ether oxygens (including phenoxy) is 1. The second kappa shape index (κ2) is 11.0. The zero-order chi connectivity index (χ0) is 27.7. The van der Waals surface area contributed by atoms with E-state index in [1.54, 1.807) is 17.5 Å². The number of nitrogens with one attached hydrogen (secondary N) is 1. The van der Waals surface area contributed by atoms with Gasteiger partial charge in [0, 0.05) is 42.7 Å². The molecule has 1 saturated heterocycles. The van der Waals surface area contributed by atoms with Crippen molar-refractivity contribution in [1.82, 2.24) is 15.3 Å². The van der Waals surface area contributed by atoms with Gasteiger partial charge in [0.05, 0.1) is 21.5 Å². The van der Waals surface area contributed by atoms with Crippen molar-refractivity contribution in [3.05, 3.63) is 64.1 Å². The summed E-state index contributed by atoms with van der Waals surface area (Å²) in [7, 11) is 0. The third-order valence-electron chi connectivity index (χ3n) is 6.30. The summed E-state index contributed by atoms with van der Waals surface area (Å²) < 4.78 is 34.9. The number of piperidine rings is 1. The maximum Gasteiger partial charge on any atom is 0.407 e. The van der Waals surface area contributed by atoms with E-state index in [1.165, 1.54) is 23.6 Å². The van der Waals surface area contributed by atoms with Crippen molar-refractivity contribution in [1.29, 1.82) is 0 Å². The molecule has 11 heteroatoms. The van der Waals surface area contributed by atoms with Crippen molar-refractivity contribution in [2.45, 2.75) is 51.7 Å². The predicted molar refractivity (Wildman–Crippen MR) is 150 cm³/mol. The molecule has 0 bridgehead atoms. The molecule has 7 nitrogen and oxygen atoms in total. The van der Waals surface area contributed by atoms with E-state index in [2.05, 4.69) is 20.2 Å². The number of hydrogen-bond donors (Lipinski definition) is 1. The summed E-state index contributed by atoms with van der Waals surface area (Å²) in [4.78, 5) is 36.7. The lowest BCUT2D eigenvalue weighted by Gasteiger charge is -2.36. The lowest BCUT2D eigenvalue weighted by atomic mass is 10.0. The zero-order valence-corrected chi connectivity index (χ0v) is 23.4. The molecule has 204 valence electrons. The van der Waals surface area contributed by atoms with Crippen molar-refractivity contribution >= 4 is 50.5 Å². The van der Waals surface area contributed by atoms with Gasteiger partial charge in [-0.15, -0.1) is 22.7 Å². The molecule has 1 aliphatic rings. The van der Waals surface area contributed by atoms with E-state index in [0.29, 0.717) is 6.54 Å². The van der Waals surface area contributed by atoms with Crippen LogP contribution in [-0.4, -0.2) is 46.6 Å². The monoisotopic (exact) mass is 570 g/mol. The van der Waals surface area contributed by atoms with Crippen LogP contribution in [0.15, 0.2) is 41.2 Å². The van der Waals surface area contributed by atoms with E-state index in [1.807, 2.05) is 32.2 Å². The van der Waals surface area contributed by atoms with E-state index < -0.39 is 23.3 Å². The standard InChI is InChI=1S/C28H28F2N4O3S2/c1-28(2,3)37-27(36)32-17-6-5-10-34(14-17)24-16(13-31-20-9-11-38-25(20)24)12-22(35)21-15-39-26(33-21)23-18(29)7-4-8-19(23)30/h4,7-9,11,13,15,17H,5-6,10,12,14H2,1-3H3,(H,32,36)/t17-/m0/s1. The summed E-state index contributed by atoms with van der Waals surface area (Å²) in [6, 6.07) is 5.44. The van der Waals surface area contributed by atoms with Crippen LogP contribution in [0.5, 0.6) is 0 Å². The molecule has 0 aliphatic carbocycles. The Morgan fingerprint density at radius 2 is 1.95 bits per heavy atom. The van der Waals surface area contributed by atoms with Gasteiger partial charge in [0.2, 0.25) is 0 Å². The first-order chi connectivity index (χ1) is 18.6. The minimum atomic E-state index is -0.724. The van der Waals surface area contributed by atoms with E-state index >= 15 is 0 Å². The maximum absolute atomic E-state index is 14.3. The van der Waals surface area contributed by atoms with Gasteiger partial charge in [-0.2, -0.15) is 0 Å². The topological polar surface area (TPSA) is 84.4 Å². The van der Waals surface area contributed by atoms with Crippen LogP contribution in [0, 0.1) is 11.6 Å². The van der Waals surface area contributed by atoms with Gasteiger partial charge in [-0.1, -0.05) is 6.07 Å². The number of halogens is 2. The molecule has 0 radical (unpaired) electrons. The van der Waals surface area contributed by atoms with E-state index in [9.17, 15) is 18.4 Å². The van der Waals surface area contributed by atoms with Crippen LogP contribution in [-0.2, 0) is 11.2 Å².